The summed E-state index contributed by atoms with van der Waals surface area (Å²) >= 11 is 0. The molecule has 0 bridgehead atoms. The molecule has 0 unspecified atom stereocenters. The lowest BCUT2D eigenvalue weighted by atomic mass is 9.95. The van der Waals surface area contributed by atoms with E-state index in [1.165, 1.54) is 0 Å². The SMILES string of the molecule is Cc1ccc2c(oc3c(-c4ccc5oc6ccccc6c5c4)c(C#N)ccc32)c1-c1ccnc[n+]1C. The summed E-state index contributed by atoms with van der Waals surface area (Å²) < 4.78 is 14.7. The first-order valence-corrected chi connectivity index (χ1v) is 11.7. The highest BCUT2D eigenvalue weighted by Gasteiger charge is 2.22. The first kappa shape index (κ1) is 20.4. The molecule has 0 saturated carbocycles. The van der Waals surface area contributed by atoms with Gasteiger partial charge in [0, 0.05) is 33.2 Å². The van der Waals surface area contributed by atoms with E-state index in [1.54, 1.807) is 12.5 Å². The normalized spacial score (nSPS) is 11.6. The van der Waals surface area contributed by atoms with E-state index < -0.39 is 0 Å². The van der Waals surface area contributed by atoms with E-state index in [0.29, 0.717) is 11.1 Å². The van der Waals surface area contributed by atoms with Crippen LogP contribution in [0.15, 0.2) is 94.2 Å². The average molecular weight is 467 g/mol. The van der Waals surface area contributed by atoms with Crippen LogP contribution in [0.25, 0.3) is 66.3 Å². The first-order valence-electron chi connectivity index (χ1n) is 11.7. The van der Waals surface area contributed by atoms with Gasteiger partial charge in [-0.3, -0.25) is 0 Å². The van der Waals surface area contributed by atoms with Crippen molar-refractivity contribution in [2.24, 2.45) is 7.05 Å². The quantitative estimate of drug-likeness (QED) is 0.252. The molecule has 0 radical (unpaired) electrons. The number of nitriles is 1. The van der Waals surface area contributed by atoms with E-state index >= 15 is 0 Å². The van der Waals surface area contributed by atoms with Crippen molar-refractivity contribution in [2.45, 2.75) is 6.92 Å². The third-order valence-electron chi connectivity index (χ3n) is 7.00. The molecule has 7 aromatic rings. The van der Waals surface area contributed by atoms with Gasteiger partial charge in [-0.1, -0.05) is 41.4 Å². The second-order valence-electron chi connectivity index (χ2n) is 9.10. The van der Waals surface area contributed by atoms with Gasteiger partial charge in [0.1, 0.15) is 34.2 Å². The van der Waals surface area contributed by atoms with Crippen molar-refractivity contribution in [1.82, 2.24) is 4.98 Å². The van der Waals surface area contributed by atoms with Gasteiger partial charge < -0.3 is 8.83 Å². The number of fused-ring (bicyclic) bond motifs is 6. The van der Waals surface area contributed by atoms with Crippen molar-refractivity contribution in [1.29, 1.82) is 5.26 Å². The zero-order valence-electron chi connectivity index (χ0n) is 19.7. The molecule has 36 heavy (non-hydrogen) atoms. The number of benzene rings is 4. The summed E-state index contributed by atoms with van der Waals surface area (Å²) in [6, 6.07) is 26.5. The zero-order valence-corrected chi connectivity index (χ0v) is 19.7. The van der Waals surface area contributed by atoms with Gasteiger partial charge in [0.2, 0.25) is 0 Å². The van der Waals surface area contributed by atoms with Crippen LogP contribution in [0.4, 0.5) is 0 Å². The van der Waals surface area contributed by atoms with Crippen molar-refractivity contribution in [2.75, 3.05) is 0 Å². The molecule has 0 saturated heterocycles. The van der Waals surface area contributed by atoms with Gasteiger partial charge in [-0.15, -0.1) is 0 Å². The maximum atomic E-state index is 10.1. The summed E-state index contributed by atoms with van der Waals surface area (Å²) in [5.41, 5.74) is 8.60. The number of hydrogen-bond donors (Lipinski definition) is 0. The van der Waals surface area contributed by atoms with Gasteiger partial charge in [-0.2, -0.15) is 5.26 Å². The lowest BCUT2D eigenvalue weighted by Crippen LogP contribution is -2.31. The summed E-state index contributed by atoms with van der Waals surface area (Å²) in [6.45, 7) is 2.09. The minimum absolute atomic E-state index is 0.571. The summed E-state index contributed by atoms with van der Waals surface area (Å²) in [4.78, 5) is 4.23. The molecule has 0 fully saturated rings. The summed E-state index contributed by atoms with van der Waals surface area (Å²) in [6.07, 6.45) is 3.58. The largest absolute Gasteiger partial charge is 0.456 e. The fourth-order valence-corrected chi connectivity index (χ4v) is 5.27. The van der Waals surface area contributed by atoms with E-state index in [4.69, 9.17) is 8.83 Å². The van der Waals surface area contributed by atoms with E-state index in [0.717, 1.165) is 66.2 Å². The van der Waals surface area contributed by atoms with Gasteiger partial charge in [0.25, 0.3) is 6.33 Å². The number of para-hydroxylation sites is 1. The lowest BCUT2D eigenvalue weighted by molar-refractivity contribution is -0.663. The fourth-order valence-electron chi connectivity index (χ4n) is 5.27. The third kappa shape index (κ3) is 2.82. The van der Waals surface area contributed by atoms with Gasteiger partial charge in [-0.25, -0.2) is 4.57 Å². The van der Waals surface area contributed by atoms with Crippen molar-refractivity contribution in [3.8, 4) is 28.5 Å². The maximum Gasteiger partial charge on any atom is 0.286 e. The van der Waals surface area contributed by atoms with Crippen molar-refractivity contribution in [3.63, 3.8) is 0 Å². The van der Waals surface area contributed by atoms with Crippen molar-refractivity contribution < 1.29 is 13.4 Å². The predicted octanol–water partition coefficient (Wildman–Crippen LogP) is 7.22. The highest BCUT2D eigenvalue weighted by molar-refractivity contribution is 6.15. The fraction of sp³-hybridized carbons (Fsp3) is 0.0645. The Kier molecular flexibility index (Phi) is 4.27. The molecule has 0 N–H and O–H groups in total. The molecule has 0 atom stereocenters. The monoisotopic (exact) mass is 466 g/mol. The second-order valence-corrected chi connectivity index (χ2v) is 9.10. The molecule has 7 rings (SSSR count). The highest BCUT2D eigenvalue weighted by atomic mass is 16.3. The van der Waals surface area contributed by atoms with Gasteiger partial charge >= 0.3 is 0 Å². The Morgan fingerprint density at radius 3 is 2.39 bits per heavy atom. The Morgan fingerprint density at radius 1 is 0.778 bits per heavy atom. The van der Waals surface area contributed by atoms with E-state index in [2.05, 4.69) is 42.2 Å². The molecule has 0 amide bonds. The molecule has 5 nitrogen and oxygen atoms in total. The Labute approximate surface area is 206 Å². The van der Waals surface area contributed by atoms with Gasteiger partial charge in [0.05, 0.1) is 24.2 Å². The molecule has 3 heterocycles. The van der Waals surface area contributed by atoms with E-state index in [1.807, 2.05) is 60.1 Å². The van der Waals surface area contributed by atoms with Crippen LogP contribution >= 0.6 is 0 Å². The van der Waals surface area contributed by atoms with Crippen LogP contribution in [0, 0.1) is 18.3 Å². The van der Waals surface area contributed by atoms with Crippen molar-refractivity contribution >= 4 is 43.9 Å². The maximum absolute atomic E-state index is 10.1. The number of aryl methyl sites for hydroxylation is 2. The Hall–Kier alpha value is -4.95. The number of rotatable bonds is 2. The zero-order chi connectivity index (χ0) is 24.4. The van der Waals surface area contributed by atoms with Gasteiger partial charge in [-0.05, 0) is 48.4 Å². The third-order valence-corrected chi connectivity index (χ3v) is 7.00. The van der Waals surface area contributed by atoms with Crippen LogP contribution < -0.4 is 4.57 Å². The number of furan rings is 2. The standard InChI is InChI=1S/C31H20N3O2/c1-18-7-10-22-23-11-8-20(16-32)29(31(23)36-30(22)28(18)25-13-14-33-17-34(25)2)19-9-12-27-24(15-19)21-5-3-4-6-26(21)35-27/h3-15,17H,1-2H3/q+1. The predicted molar refractivity (Wildman–Crippen MR) is 140 cm³/mol. The molecule has 170 valence electrons. The molecule has 4 aromatic carbocycles. The number of hydrogen-bond acceptors (Lipinski definition) is 4. The number of nitrogens with zero attached hydrogens (tertiary/aromatic N) is 3. The van der Waals surface area contributed by atoms with Gasteiger partial charge in [0.15, 0.2) is 0 Å². The Morgan fingerprint density at radius 2 is 1.56 bits per heavy atom. The molecular formula is C31H20N3O2+. The first-order chi connectivity index (χ1) is 17.6. The van der Waals surface area contributed by atoms with Crippen LogP contribution in [-0.2, 0) is 7.05 Å². The van der Waals surface area contributed by atoms with E-state index in [9.17, 15) is 5.26 Å². The van der Waals surface area contributed by atoms with Crippen LogP contribution in [0.5, 0.6) is 0 Å². The van der Waals surface area contributed by atoms with Crippen LogP contribution in [0.3, 0.4) is 0 Å². The van der Waals surface area contributed by atoms with Crippen molar-refractivity contribution in [3.05, 3.63) is 96.4 Å². The lowest BCUT2D eigenvalue weighted by Gasteiger charge is -2.06. The highest BCUT2D eigenvalue weighted by Crippen LogP contribution is 2.42. The summed E-state index contributed by atoms with van der Waals surface area (Å²) in [5.74, 6) is 0. The summed E-state index contributed by atoms with van der Waals surface area (Å²) in [7, 11) is 1.98. The molecule has 0 aliphatic carbocycles. The van der Waals surface area contributed by atoms with Crippen LogP contribution in [0.2, 0.25) is 0 Å². The molecule has 0 spiro atoms. The average Bonchev–Trinajstić information content (AvgIpc) is 3.46. The molecule has 5 heteroatoms. The molecular weight excluding hydrogens is 446 g/mol. The molecule has 0 aliphatic heterocycles. The van der Waals surface area contributed by atoms with Crippen LogP contribution in [0.1, 0.15) is 11.1 Å². The minimum Gasteiger partial charge on any atom is -0.456 e. The smallest absolute Gasteiger partial charge is 0.286 e. The molecule has 0 aliphatic rings. The minimum atomic E-state index is 0.571. The summed E-state index contributed by atoms with van der Waals surface area (Å²) in [5, 5.41) is 14.1. The van der Waals surface area contributed by atoms with E-state index in [-0.39, 0.29) is 0 Å². The van der Waals surface area contributed by atoms with Crippen LogP contribution in [-0.4, -0.2) is 4.98 Å². The number of aromatic nitrogens is 2. The Bertz CT molecular complexity index is 2040. The topological polar surface area (TPSA) is 66.8 Å². The second kappa shape index (κ2) is 7.53. The Balaban J connectivity index is 1.58. The molecule has 3 aromatic heterocycles.